The SMILES string of the molecule is Cc1cccc(OCCCCn2nnc3sc(-c4ccccc4)cc3c2=O)c1. The number of hydrogen-bond donors (Lipinski definition) is 0. The second-order valence-corrected chi connectivity index (χ2v) is 7.72. The lowest BCUT2D eigenvalue weighted by atomic mass is 10.2. The lowest BCUT2D eigenvalue weighted by molar-refractivity contribution is 0.300. The van der Waals surface area contributed by atoms with E-state index in [2.05, 4.69) is 10.3 Å². The number of aromatic nitrogens is 3. The number of aryl methyl sites for hydroxylation is 2. The molecule has 0 aliphatic rings. The molecule has 0 spiro atoms. The molecule has 0 radical (unpaired) electrons. The quantitative estimate of drug-likeness (QED) is 0.429. The van der Waals surface area contributed by atoms with E-state index in [-0.39, 0.29) is 5.56 Å². The van der Waals surface area contributed by atoms with E-state index in [1.165, 1.54) is 21.6 Å². The Labute approximate surface area is 167 Å². The van der Waals surface area contributed by atoms with Gasteiger partial charge in [-0.2, -0.15) is 0 Å². The van der Waals surface area contributed by atoms with Crippen molar-refractivity contribution < 1.29 is 4.74 Å². The molecule has 4 aromatic rings. The molecule has 0 aliphatic carbocycles. The molecule has 0 unspecified atom stereocenters. The number of hydrogen-bond acceptors (Lipinski definition) is 5. The van der Waals surface area contributed by atoms with Gasteiger partial charge in [-0.1, -0.05) is 47.7 Å². The van der Waals surface area contributed by atoms with Gasteiger partial charge < -0.3 is 4.74 Å². The van der Waals surface area contributed by atoms with Crippen LogP contribution in [0.1, 0.15) is 18.4 Å². The van der Waals surface area contributed by atoms with E-state index >= 15 is 0 Å². The van der Waals surface area contributed by atoms with E-state index in [9.17, 15) is 4.79 Å². The molecule has 0 fully saturated rings. The standard InChI is InChI=1S/C22H21N3O2S/c1-16-8-7-11-18(14-16)27-13-6-5-12-25-22(26)19-15-20(28-21(19)23-24-25)17-9-3-2-4-10-17/h2-4,7-11,14-15H,5-6,12-13H2,1H3. The van der Waals surface area contributed by atoms with Crippen LogP contribution >= 0.6 is 11.3 Å². The maximum Gasteiger partial charge on any atom is 0.278 e. The Balaban J connectivity index is 1.39. The van der Waals surface area contributed by atoms with Crippen molar-refractivity contribution in [3.8, 4) is 16.2 Å². The average Bonchev–Trinajstić information content (AvgIpc) is 3.15. The van der Waals surface area contributed by atoms with Crippen molar-refractivity contribution in [1.82, 2.24) is 15.0 Å². The van der Waals surface area contributed by atoms with Gasteiger partial charge in [0.1, 0.15) is 5.75 Å². The summed E-state index contributed by atoms with van der Waals surface area (Å²) in [4.78, 5) is 14.4. The first kappa shape index (κ1) is 18.4. The minimum atomic E-state index is -0.0805. The fraction of sp³-hybridized carbons (Fsp3) is 0.227. The zero-order valence-corrected chi connectivity index (χ0v) is 16.5. The number of benzene rings is 2. The number of ether oxygens (including phenoxy) is 1. The summed E-state index contributed by atoms with van der Waals surface area (Å²) < 4.78 is 7.21. The molecule has 2 aromatic heterocycles. The Morgan fingerprint density at radius 2 is 1.89 bits per heavy atom. The van der Waals surface area contributed by atoms with Gasteiger partial charge in [0, 0.05) is 11.4 Å². The van der Waals surface area contributed by atoms with E-state index in [0.717, 1.165) is 29.0 Å². The van der Waals surface area contributed by atoms with Gasteiger partial charge in [-0.25, -0.2) is 4.68 Å². The molecule has 0 saturated heterocycles. The number of thiophene rings is 1. The van der Waals surface area contributed by atoms with Gasteiger partial charge in [0.25, 0.3) is 5.56 Å². The summed E-state index contributed by atoms with van der Waals surface area (Å²) in [6, 6.07) is 19.9. The minimum absolute atomic E-state index is 0.0805. The van der Waals surface area contributed by atoms with E-state index in [4.69, 9.17) is 4.74 Å². The van der Waals surface area contributed by atoms with E-state index in [0.29, 0.717) is 23.4 Å². The fourth-order valence-corrected chi connectivity index (χ4v) is 4.01. The summed E-state index contributed by atoms with van der Waals surface area (Å²) in [5.41, 5.74) is 2.19. The number of nitrogens with zero attached hydrogens (tertiary/aromatic N) is 3. The first-order valence-corrected chi connectivity index (χ1v) is 10.1. The predicted molar refractivity (Wildman–Crippen MR) is 113 cm³/mol. The van der Waals surface area contributed by atoms with Crippen LogP contribution in [0.3, 0.4) is 0 Å². The first-order chi connectivity index (χ1) is 13.7. The van der Waals surface area contributed by atoms with Crippen LogP contribution in [0, 0.1) is 6.92 Å². The molecule has 0 aliphatic heterocycles. The van der Waals surface area contributed by atoms with E-state index in [1.54, 1.807) is 0 Å². The molecule has 0 saturated carbocycles. The third-order valence-electron chi connectivity index (χ3n) is 4.50. The summed E-state index contributed by atoms with van der Waals surface area (Å²) >= 11 is 1.50. The van der Waals surface area contributed by atoms with Crippen LogP contribution in [0.4, 0.5) is 0 Å². The molecular weight excluding hydrogens is 370 g/mol. The van der Waals surface area contributed by atoms with Crippen LogP contribution in [0.25, 0.3) is 20.7 Å². The zero-order chi connectivity index (χ0) is 19.3. The highest BCUT2D eigenvalue weighted by molar-refractivity contribution is 7.21. The Kier molecular flexibility index (Phi) is 5.48. The van der Waals surface area contributed by atoms with Gasteiger partial charge >= 0.3 is 0 Å². The maximum atomic E-state index is 12.7. The van der Waals surface area contributed by atoms with Crippen LogP contribution in [0.2, 0.25) is 0 Å². The molecule has 28 heavy (non-hydrogen) atoms. The van der Waals surface area contributed by atoms with Gasteiger partial charge in [0.05, 0.1) is 12.0 Å². The van der Waals surface area contributed by atoms with Crippen LogP contribution in [-0.2, 0) is 6.54 Å². The highest BCUT2D eigenvalue weighted by atomic mass is 32.1. The smallest absolute Gasteiger partial charge is 0.278 e. The average molecular weight is 391 g/mol. The van der Waals surface area contributed by atoms with Gasteiger partial charge in [0.2, 0.25) is 0 Å². The fourth-order valence-electron chi connectivity index (χ4n) is 3.03. The molecule has 6 heteroatoms. The van der Waals surface area contributed by atoms with Crippen LogP contribution < -0.4 is 10.3 Å². The number of unbranched alkanes of at least 4 members (excludes halogenated alkanes) is 1. The summed E-state index contributed by atoms with van der Waals surface area (Å²) in [6.45, 7) is 3.20. The molecule has 5 nitrogen and oxygen atoms in total. The van der Waals surface area contributed by atoms with Crippen LogP contribution in [0.5, 0.6) is 5.75 Å². The van der Waals surface area contributed by atoms with Crippen LogP contribution in [0.15, 0.2) is 65.5 Å². The first-order valence-electron chi connectivity index (χ1n) is 9.33. The van der Waals surface area contributed by atoms with Crippen molar-refractivity contribution in [2.45, 2.75) is 26.3 Å². The molecule has 142 valence electrons. The van der Waals surface area contributed by atoms with Crippen molar-refractivity contribution in [2.24, 2.45) is 0 Å². The van der Waals surface area contributed by atoms with Gasteiger partial charge in [0.15, 0.2) is 4.83 Å². The molecule has 0 bridgehead atoms. The Morgan fingerprint density at radius 1 is 1.04 bits per heavy atom. The Bertz CT molecular complexity index is 1140. The minimum Gasteiger partial charge on any atom is -0.494 e. The third-order valence-corrected chi connectivity index (χ3v) is 5.57. The summed E-state index contributed by atoms with van der Waals surface area (Å²) in [7, 11) is 0. The Hall–Kier alpha value is -2.99. The second-order valence-electron chi connectivity index (χ2n) is 6.69. The molecular formula is C22H21N3O2S. The second kappa shape index (κ2) is 8.35. The topological polar surface area (TPSA) is 57.0 Å². The zero-order valence-electron chi connectivity index (χ0n) is 15.7. The largest absolute Gasteiger partial charge is 0.494 e. The highest BCUT2D eigenvalue weighted by Crippen LogP contribution is 2.30. The molecule has 2 aromatic carbocycles. The molecule has 4 rings (SSSR count). The summed E-state index contributed by atoms with van der Waals surface area (Å²) in [5.74, 6) is 0.880. The van der Waals surface area contributed by atoms with Gasteiger partial charge in [-0.05, 0) is 49.1 Å². The molecule has 0 amide bonds. The van der Waals surface area contributed by atoms with E-state index < -0.39 is 0 Å². The highest BCUT2D eigenvalue weighted by Gasteiger charge is 2.11. The van der Waals surface area contributed by atoms with Gasteiger partial charge in [-0.3, -0.25) is 4.79 Å². The van der Waals surface area contributed by atoms with Crippen molar-refractivity contribution in [3.63, 3.8) is 0 Å². The summed E-state index contributed by atoms with van der Waals surface area (Å²) in [5, 5.41) is 8.98. The third kappa shape index (κ3) is 4.12. The summed E-state index contributed by atoms with van der Waals surface area (Å²) in [6.07, 6.45) is 1.65. The van der Waals surface area contributed by atoms with Crippen molar-refractivity contribution >= 4 is 21.6 Å². The normalized spacial score (nSPS) is 11.0. The number of rotatable bonds is 7. The van der Waals surface area contributed by atoms with E-state index in [1.807, 2.05) is 67.6 Å². The van der Waals surface area contributed by atoms with Crippen molar-refractivity contribution in [1.29, 1.82) is 0 Å². The lowest BCUT2D eigenvalue weighted by Crippen LogP contribution is -2.23. The monoisotopic (exact) mass is 391 g/mol. The lowest BCUT2D eigenvalue weighted by Gasteiger charge is -2.07. The predicted octanol–water partition coefficient (Wildman–Crippen LogP) is 4.69. The Morgan fingerprint density at radius 3 is 2.71 bits per heavy atom. The molecule has 2 heterocycles. The maximum absolute atomic E-state index is 12.7. The molecule has 0 atom stereocenters. The van der Waals surface area contributed by atoms with Gasteiger partial charge in [-0.15, -0.1) is 16.4 Å². The van der Waals surface area contributed by atoms with Crippen LogP contribution in [-0.4, -0.2) is 21.6 Å². The van der Waals surface area contributed by atoms with Crippen molar-refractivity contribution in [3.05, 3.63) is 76.6 Å². The van der Waals surface area contributed by atoms with Crippen molar-refractivity contribution in [2.75, 3.05) is 6.61 Å². The molecule has 0 N–H and O–H groups in total. The number of fused-ring (bicyclic) bond motifs is 1.